The molecule has 3 aromatic carbocycles. The number of ether oxygens (including phenoxy) is 1. The molecule has 0 aromatic heterocycles. The molecule has 0 amide bonds. The van der Waals surface area contributed by atoms with Gasteiger partial charge in [-0.05, 0) is 59.7 Å². The minimum Gasteiger partial charge on any atom is -0.497 e. The maximum Gasteiger partial charge on any atom is 0.335 e. The molecule has 7 heteroatoms. The molecule has 0 bridgehead atoms. The summed E-state index contributed by atoms with van der Waals surface area (Å²) in [6.45, 7) is 1.13. The van der Waals surface area contributed by atoms with E-state index in [0.29, 0.717) is 18.2 Å². The smallest absolute Gasteiger partial charge is 0.335 e. The maximum atomic E-state index is 11.1. The Hall–Kier alpha value is -2.90. The number of carboxylic acids is 1. The number of anilines is 1. The van der Waals surface area contributed by atoms with Crippen LogP contribution in [0.15, 0.2) is 77.3 Å². The van der Waals surface area contributed by atoms with Crippen molar-refractivity contribution in [2.45, 2.75) is 13.1 Å². The van der Waals surface area contributed by atoms with Gasteiger partial charge in [0.2, 0.25) is 0 Å². The van der Waals surface area contributed by atoms with Crippen LogP contribution in [0.2, 0.25) is 0 Å². The Kier molecular flexibility index (Phi) is 7.43. The van der Waals surface area contributed by atoms with Crippen LogP contribution in [0.25, 0.3) is 0 Å². The number of methoxy groups -OCH3 is 1. The van der Waals surface area contributed by atoms with Crippen LogP contribution in [-0.2, 0) is 13.1 Å². The molecule has 0 saturated carbocycles. The van der Waals surface area contributed by atoms with E-state index in [2.05, 4.69) is 21.2 Å². The highest BCUT2D eigenvalue weighted by molar-refractivity contribution is 9.10. The zero-order valence-corrected chi connectivity index (χ0v) is 18.7. The first kappa shape index (κ1) is 21.8. The van der Waals surface area contributed by atoms with Crippen molar-refractivity contribution in [2.75, 3.05) is 12.4 Å². The summed E-state index contributed by atoms with van der Waals surface area (Å²) in [7, 11) is 1.62. The number of rotatable bonds is 7. The second-order valence-electron chi connectivity index (χ2n) is 6.65. The number of nitrogens with one attached hydrogen (secondary N) is 1. The third-order valence-electron chi connectivity index (χ3n) is 4.47. The minimum atomic E-state index is -0.941. The van der Waals surface area contributed by atoms with Crippen LogP contribution in [0, 0.1) is 0 Å². The van der Waals surface area contributed by atoms with Gasteiger partial charge in [0.25, 0.3) is 0 Å². The lowest BCUT2D eigenvalue weighted by atomic mass is 10.1. The average Bonchev–Trinajstić information content (AvgIpc) is 2.75. The van der Waals surface area contributed by atoms with E-state index < -0.39 is 5.97 Å². The summed E-state index contributed by atoms with van der Waals surface area (Å²) in [5.74, 6) is -0.199. The fourth-order valence-electron chi connectivity index (χ4n) is 2.89. The number of benzene rings is 3. The molecule has 154 valence electrons. The second-order valence-corrected chi connectivity index (χ2v) is 7.95. The first-order valence-corrected chi connectivity index (χ1v) is 10.4. The fraction of sp³-hybridized carbons (Fsp3) is 0.130. The predicted octanol–water partition coefficient (Wildman–Crippen LogP) is 5.56. The van der Waals surface area contributed by atoms with Gasteiger partial charge in [0, 0.05) is 29.3 Å². The van der Waals surface area contributed by atoms with Crippen molar-refractivity contribution in [1.82, 2.24) is 4.90 Å². The van der Waals surface area contributed by atoms with E-state index in [0.717, 1.165) is 27.0 Å². The Morgan fingerprint density at radius 1 is 1.03 bits per heavy atom. The fourth-order valence-corrected chi connectivity index (χ4v) is 3.40. The van der Waals surface area contributed by atoms with E-state index in [1.807, 2.05) is 65.6 Å². The number of nitrogens with zero attached hydrogens (tertiary/aromatic N) is 1. The van der Waals surface area contributed by atoms with Gasteiger partial charge in [0.1, 0.15) is 5.75 Å². The second kappa shape index (κ2) is 10.2. The summed E-state index contributed by atoms with van der Waals surface area (Å²) in [5.41, 5.74) is 3.17. The molecule has 3 rings (SSSR count). The highest BCUT2D eigenvalue weighted by Crippen LogP contribution is 2.19. The van der Waals surface area contributed by atoms with E-state index in [9.17, 15) is 4.79 Å². The van der Waals surface area contributed by atoms with Gasteiger partial charge in [-0.25, -0.2) is 4.79 Å². The summed E-state index contributed by atoms with van der Waals surface area (Å²) in [5, 5.41) is 13.0. The van der Waals surface area contributed by atoms with Crippen molar-refractivity contribution in [3.8, 4) is 5.75 Å². The average molecular weight is 485 g/mol. The molecule has 5 nitrogen and oxygen atoms in total. The highest BCUT2D eigenvalue weighted by Gasteiger charge is 2.13. The first-order valence-electron chi connectivity index (χ1n) is 9.21. The minimum absolute atomic E-state index is 0.260. The van der Waals surface area contributed by atoms with Crippen molar-refractivity contribution in [3.05, 3.63) is 94.0 Å². The Labute approximate surface area is 189 Å². The number of aromatic carboxylic acids is 1. The molecule has 0 heterocycles. The molecule has 0 unspecified atom stereocenters. The number of hydrogen-bond acceptors (Lipinski definition) is 3. The molecular formula is C23H21BrN2O3S. The van der Waals surface area contributed by atoms with Gasteiger partial charge in [-0.2, -0.15) is 0 Å². The number of hydrogen-bond donors (Lipinski definition) is 2. The number of halogens is 1. The molecule has 0 fully saturated rings. The number of carboxylic acid groups (broad SMARTS) is 1. The lowest BCUT2D eigenvalue weighted by Crippen LogP contribution is -2.33. The monoisotopic (exact) mass is 484 g/mol. The van der Waals surface area contributed by atoms with E-state index in [-0.39, 0.29) is 5.56 Å². The summed E-state index contributed by atoms with van der Waals surface area (Å²) in [6, 6.07) is 22.5. The highest BCUT2D eigenvalue weighted by atomic mass is 79.9. The van der Waals surface area contributed by atoms with Crippen molar-refractivity contribution >= 4 is 44.9 Å². The van der Waals surface area contributed by atoms with Gasteiger partial charge >= 0.3 is 5.97 Å². The van der Waals surface area contributed by atoms with Gasteiger partial charge < -0.3 is 20.1 Å². The lowest BCUT2D eigenvalue weighted by Gasteiger charge is -2.26. The van der Waals surface area contributed by atoms with Gasteiger partial charge in [-0.3, -0.25) is 0 Å². The zero-order valence-electron chi connectivity index (χ0n) is 16.3. The van der Waals surface area contributed by atoms with Crippen LogP contribution >= 0.6 is 28.1 Å². The molecular weight excluding hydrogens is 464 g/mol. The molecule has 0 aliphatic heterocycles. The normalized spacial score (nSPS) is 10.3. The van der Waals surface area contributed by atoms with E-state index in [1.165, 1.54) is 0 Å². The van der Waals surface area contributed by atoms with Gasteiger partial charge in [-0.1, -0.05) is 46.3 Å². The molecule has 0 aliphatic rings. The first-order chi connectivity index (χ1) is 14.4. The van der Waals surface area contributed by atoms with E-state index in [4.69, 9.17) is 22.1 Å². The summed E-state index contributed by atoms with van der Waals surface area (Å²) in [4.78, 5) is 13.1. The Morgan fingerprint density at radius 2 is 1.63 bits per heavy atom. The number of carbonyl (C=O) groups is 1. The quantitative estimate of drug-likeness (QED) is 0.428. The van der Waals surface area contributed by atoms with Crippen molar-refractivity contribution < 1.29 is 14.6 Å². The van der Waals surface area contributed by atoms with Crippen LogP contribution < -0.4 is 10.1 Å². The largest absolute Gasteiger partial charge is 0.497 e. The van der Waals surface area contributed by atoms with Crippen LogP contribution in [-0.4, -0.2) is 28.2 Å². The predicted molar refractivity (Wildman–Crippen MR) is 126 cm³/mol. The van der Waals surface area contributed by atoms with E-state index >= 15 is 0 Å². The summed E-state index contributed by atoms with van der Waals surface area (Å²) < 4.78 is 6.29. The third-order valence-corrected chi connectivity index (χ3v) is 5.36. The van der Waals surface area contributed by atoms with Crippen molar-refractivity contribution in [3.63, 3.8) is 0 Å². The summed E-state index contributed by atoms with van der Waals surface area (Å²) >= 11 is 9.16. The molecule has 2 N–H and O–H groups in total. The molecule has 0 aliphatic carbocycles. The molecule has 3 aromatic rings. The summed E-state index contributed by atoms with van der Waals surface area (Å²) in [6.07, 6.45) is 0. The Balaban J connectivity index is 1.80. The standard InChI is InChI=1S/C23H21BrN2O3S/c1-29-21-4-2-3-20(13-21)25-23(30)26(15-17-7-11-19(24)12-8-17)14-16-5-9-18(10-6-16)22(27)28/h2-13H,14-15H2,1H3,(H,25,30)(H,27,28). The molecule has 0 radical (unpaired) electrons. The van der Waals surface area contributed by atoms with Gasteiger partial charge in [0.05, 0.1) is 12.7 Å². The van der Waals surface area contributed by atoms with Crippen molar-refractivity contribution in [2.24, 2.45) is 0 Å². The zero-order chi connectivity index (χ0) is 21.5. The topological polar surface area (TPSA) is 61.8 Å². The van der Waals surface area contributed by atoms with Gasteiger partial charge in [0.15, 0.2) is 5.11 Å². The Morgan fingerprint density at radius 3 is 2.20 bits per heavy atom. The van der Waals surface area contributed by atoms with Crippen molar-refractivity contribution in [1.29, 1.82) is 0 Å². The van der Waals surface area contributed by atoms with Crippen LogP contribution in [0.3, 0.4) is 0 Å². The van der Waals surface area contributed by atoms with Crippen LogP contribution in [0.5, 0.6) is 5.75 Å². The molecule has 30 heavy (non-hydrogen) atoms. The third kappa shape index (κ3) is 6.05. The van der Waals surface area contributed by atoms with Crippen LogP contribution in [0.1, 0.15) is 21.5 Å². The van der Waals surface area contributed by atoms with Crippen LogP contribution in [0.4, 0.5) is 5.69 Å². The molecule has 0 spiro atoms. The lowest BCUT2D eigenvalue weighted by molar-refractivity contribution is 0.0697. The van der Waals surface area contributed by atoms with Gasteiger partial charge in [-0.15, -0.1) is 0 Å². The molecule has 0 atom stereocenters. The number of thiocarbonyl (C=S) groups is 1. The maximum absolute atomic E-state index is 11.1. The van der Waals surface area contributed by atoms with E-state index in [1.54, 1.807) is 19.2 Å². The Bertz CT molecular complexity index is 1020. The molecule has 0 saturated heterocycles. The SMILES string of the molecule is COc1cccc(NC(=S)N(Cc2ccc(Br)cc2)Cc2ccc(C(=O)O)cc2)c1.